The fourth-order valence-corrected chi connectivity index (χ4v) is 5.42. The minimum absolute atomic E-state index is 0.0534. The first-order chi connectivity index (χ1) is 16.4. The van der Waals surface area contributed by atoms with Crippen LogP contribution < -0.4 is 4.74 Å². The highest BCUT2D eigenvalue weighted by molar-refractivity contribution is 9.10. The number of rotatable bonds is 7. The van der Waals surface area contributed by atoms with Crippen molar-refractivity contribution in [3.8, 4) is 5.75 Å². The van der Waals surface area contributed by atoms with Gasteiger partial charge in [-0.3, -0.25) is 14.4 Å². The second-order valence-electron chi connectivity index (χ2n) is 9.62. The summed E-state index contributed by atoms with van der Waals surface area (Å²) in [5.74, 6) is 1.03. The SMILES string of the molecule is CN1CCN(C(=O)C[C@H]2CN(C(=O)CCN3CCCC3=O)CC[C@@H]2Oc2cccc(Br)c2)CC1. The van der Waals surface area contributed by atoms with E-state index in [4.69, 9.17) is 4.74 Å². The van der Waals surface area contributed by atoms with E-state index < -0.39 is 0 Å². The average molecular weight is 535 g/mol. The number of hydrogen-bond acceptors (Lipinski definition) is 5. The molecule has 0 N–H and O–H groups in total. The molecular formula is C25H35BrN4O4. The van der Waals surface area contributed by atoms with Crippen LogP contribution in [0.25, 0.3) is 0 Å². The summed E-state index contributed by atoms with van der Waals surface area (Å²) in [5, 5.41) is 0. The van der Waals surface area contributed by atoms with E-state index >= 15 is 0 Å². The Labute approximate surface area is 210 Å². The number of benzene rings is 1. The van der Waals surface area contributed by atoms with Crippen molar-refractivity contribution >= 4 is 33.7 Å². The fraction of sp³-hybridized carbons (Fsp3) is 0.640. The van der Waals surface area contributed by atoms with Gasteiger partial charge in [-0.25, -0.2) is 0 Å². The summed E-state index contributed by atoms with van der Waals surface area (Å²) in [6.45, 7) is 5.59. The van der Waals surface area contributed by atoms with E-state index in [1.165, 1.54) is 0 Å². The molecule has 4 rings (SSSR count). The molecule has 1 aromatic carbocycles. The van der Waals surface area contributed by atoms with Gasteiger partial charge in [0.25, 0.3) is 0 Å². The maximum Gasteiger partial charge on any atom is 0.224 e. The van der Waals surface area contributed by atoms with Gasteiger partial charge in [0, 0.05) is 88.4 Å². The maximum absolute atomic E-state index is 13.1. The Hall–Kier alpha value is -2.13. The molecular weight excluding hydrogens is 500 g/mol. The molecule has 8 nitrogen and oxygen atoms in total. The predicted molar refractivity (Wildman–Crippen MR) is 132 cm³/mol. The smallest absolute Gasteiger partial charge is 0.224 e. The van der Waals surface area contributed by atoms with Crippen molar-refractivity contribution in [3.05, 3.63) is 28.7 Å². The Morgan fingerprint density at radius 1 is 1.06 bits per heavy atom. The van der Waals surface area contributed by atoms with Gasteiger partial charge in [0.1, 0.15) is 11.9 Å². The molecule has 0 unspecified atom stereocenters. The van der Waals surface area contributed by atoms with Crippen molar-refractivity contribution in [2.24, 2.45) is 5.92 Å². The van der Waals surface area contributed by atoms with Gasteiger partial charge in [0.15, 0.2) is 0 Å². The first-order valence-corrected chi connectivity index (χ1v) is 13.1. The van der Waals surface area contributed by atoms with Crippen LogP contribution in [-0.2, 0) is 14.4 Å². The van der Waals surface area contributed by atoms with E-state index in [0.29, 0.717) is 45.3 Å². The third-order valence-electron chi connectivity index (χ3n) is 7.16. The molecule has 3 saturated heterocycles. The molecule has 0 bridgehead atoms. The zero-order chi connectivity index (χ0) is 24.1. The minimum Gasteiger partial charge on any atom is -0.490 e. The molecule has 3 aliphatic heterocycles. The molecule has 0 aliphatic carbocycles. The molecule has 3 fully saturated rings. The lowest BCUT2D eigenvalue weighted by atomic mass is 9.90. The van der Waals surface area contributed by atoms with Gasteiger partial charge in [-0.15, -0.1) is 0 Å². The third kappa shape index (κ3) is 6.50. The van der Waals surface area contributed by atoms with Crippen LogP contribution >= 0.6 is 15.9 Å². The molecule has 2 atom stereocenters. The van der Waals surface area contributed by atoms with Crippen molar-refractivity contribution in [1.29, 1.82) is 0 Å². The number of likely N-dealkylation sites (N-methyl/N-ethyl adjacent to an activating group) is 1. The molecule has 1 aromatic rings. The number of hydrogen-bond donors (Lipinski definition) is 0. The second-order valence-corrected chi connectivity index (χ2v) is 10.5. The van der Waals surface area contributed by atoms with Crippen molar-refractivity contribution in [2.75, 3.05) is 59.4 Å². The van der Waals surface area contributed by atoms with Gasteiger partial charge in [0.05, 0.1) is 0 Å². The molecule has 34 heavy (non-hydrogen) atoms. The van der Waals surface area contributed by atoms with E-state index in [0.717, 1.165) is 49.4 Å². The number of carbonyl (C=O) groups is 3. The summed E-state index contributed by atoms with van der Waals surface area (Å²) in [6, 6.07) is 7.74. The van der Waals surface area contributed by atoms with Crippen LogP contribution in [-0.4, -0.2) is 103 Å². The molecule has 0 saturated carbocycles. The van der Waals surface area contributed by atoms with Crippen LogP contribution in [0.4, 0.5) is 0 Å². The van der Waals surface area contributed by atoms with Gasteiger partial charge < -0.3 is 24.3 Å². The van der Waals surface area contributed by atoms with Crippen molar-refractivity contribution in [2.45, 2.75) is 38.2 Å². The van der Waals surface area contributed by atoms with Crippen LogP contribution in [0.15, 0.2) is 28.7 Å². The van der Waals surface area contributed by atoms with Crippen LogP contribution in [0.1, 0.15) is 32.1 Å². The highest BCUT2D eigenvalue weighted by Gasteiger charge is 2.36. The van der Waals surface area contributed by atoms with E-state index in [1.54, 1.807) is 4.90 Å². The molecule has 0 radical (unpaired) electrons. The normalized spacial score (nSPS) is 23.9. The Kier molecular flexibility index (Phi) is 8.47. The monoisotopic (exact) mass is 534 g/mol. The lowest BCUT2D eigenvalue weighted by Gasteiger charge is -2.40. The van der Waals surface area contributed by atoms with Gasteiger partial charge in [-0.1, -0.05) is 22.0 Å². The number of piperidine rings is 1. The van der Waals surface area contributed by atoms with Crippen molar-refractivity contribution < 1.29 is 19.1 Å². The van der Waals surface area contributed by atoms with Crippen LogP contribution in [0.5, 0.6) is 5.75 Å². The highest BCUT2D eigenvalue weighted by Crippen LogP contribution is 2.28. The summed E-state index contributed by atoms with van der Waals surface area (Å²) in [7, 11) is 2.07. The molecule has 9 heteroatoms. The van der Waals surface area contributed by atoms with Gasteiger partial charge in [-0.05, 0) is 31.7 Å². The fourth-order valence-electron chi connectivity index (χ4n) is 5.04. The Morgan fingerprint density at radius 3 is 2.56 bits per heavy atom. The topological polar surface area (TPSA) is 73.4 Å². The van der Waals surface area contributed by atoms with E-state index in [1.807, 2.05) is 34.1 Å². The minimum atomic E-state index is -0.130. The predicted octanol–water partition coefficient (Wildman–Crippen LogP) is 2.22. The first-order valence-electron chi connectivity index (χ1n) is 12.3. The number of nitrogens with zero attached hydrogens (tertiary/aromatic N) is 4. The summed E-state index contributed by atoms with van der Waals surface area (Å²) < 4.78 is 7.28. The number of halogens is 1. The Balaban J connectivity index is 1.39. The van der Waals surface area contributed by atoms with E-state index in [9.17, 15) is 14.4 Å². The van der Waals surface area contributed by atoms with Gasteiger partial charge in [0.2, 0.25) is 17.7 Å². The van der Waals surface area contributed by atoms with Crippen molar-refractivity contribution in [1.82, 2.24) is 19.6 Å². The highest BCUT2D eigenvalue weighted by atomic mass is 79.9. The standard InChI is InChI=1S/C25H35BrN4O4/c1-27-12-14-29(15-13-27)25(33)16-19-18-30(24(32)8-11-28-9-3-6-23(28)31)10-7-22(19)34-21-5-2-4-20(26)17-21/h2,4-5,17,19,22H,3,6-16,18H2,1H3/t19-,22-/m0/s1. The van der Waals surface area contributed by atoms with Crippen LogP contribution in [0.2, 0.25) is 0 Å². The van der Waals surface area contributed by atoms with Crippen molar-refractivity contribution in [3.63, 3.8) is 0 Å². The van der Waals surface area contributed by atoms with E-state index in [2.05, 4.69) is 27.9 Å². The van der Waals surface area contributed by atoms with Crippen LogP contribution in [0.3, 0.4) is 0 Å². The number of amides is 3. The number of ether oxygens (including phenoxy) is 1. The zero-order valence-corrected chi connectivity index (χ0v) is 21.5. The lowest BCUT2D eigenvalue weighted by Crippen LogP contribution is -2.52. The first kappa shape index (κ1) is 25.0. The zero-order valence-electron chi connectivity index (χ0n) is 20.0. The Morgan fingerprint density at radius 2 is 1.85 bits per heavy atom. The van der Waals surface area contributed by atoms with Gasteiger partial charge in [-0.2, -0.15) is 0 Å². The second kappa shape index (κ2) is 11.5. The maximum atomic E-state index is 13.1. The average Bonchev–Trinajstić information content (AvgIpc) is 3.23. The summed E-state index contributed by atoms with van der Waals surface area (Å²) in [5.41, 5.74) is 0. The quantitative estimate of drug-likeness (QED) is 0.536. The number of piperazine rings is 1. The molecule has 0 spiro atoms. The van der Waals surface area contributed by atoms with Gasteiger partial charge >= 0.3 is 0 Å². The third-order valence-corrected chi connectivity index (χ3v) is 7.65. The molecule has 3 heterocycles. The molecule has 3 aliphatic rings. The summed E-state index contributed by atoms with van der Waals surface area (Å²) in [6.07, 6.45) is 2.72. The molecule has 186 valence electrons. The summed E-state index contributed by atoms with van der Waals surface area (Å²) in [4.78, 5) is 45.8. The molecule has 0 aromatic heterocycles. The largest absolute Gasteiger partial charge is 0.490 e. The summed E-state index contributed by atoms with van der Waals surface area (Å²) >= 11 is 3.49. The van der Waals surface area contributed by atoms with E-state index in [-0.39, 0.29) is 29.7 Å². The Bertz CT molecular complexity index is 889. The molecule has 3 amide bonds. The number of likely N-dealkylation sites (tertiary alicyclic amines) is 2. The van der Waals surface area contributed by atoms with Crippen LogP contribution in [0, 0.1) is 5.92 Å². The lowest BCUT2D eigenvalue weighted by molar-refractivity contribution is -0.140. The number of carbonyl (C=O) groups excluding carboxylic acids is 3.